The van der Waals surface area contributed by atoms with E-state index in [1.807, 2.05) is 0 Å². The molecular formula is C14H18F2N2O2. The summed E-state index contributed by atoms with van der Waals surface area (Å²) in [5.74, 6) is -3.89. The number of anilines is 1. The summed E-state index contributed by atoms with van der Waals surface area (Å²) < 4.78 is 27.7. The van der Waals surface area contributed by atoms with Gasteiger partial charge in [-0.25, -0.2) is 13.6 Å². The minimum Gasteiger partial charge on any atom is -0.478 e. The van der Waals surface area contributed by atoms with E-state index in [1.165, 1.54) is 6.07 Å². The van der Waals surface area contributed by atoms with Crippen LogP contribution in [0.3, 0.4) is 0 Å². The predicted octanol–water partition coefficient (Wildman–Crippen LogP) is 2.37. The number of hydrogen-bond donors (Lipinski definition) is 2. The normalized spacial score (nSPS) is 22.6. The lowest BCUT2D eigenvalue weighted by atomic mass is 9.90. The molecule has 2 rings (SSSR count). The van der Waals surface area contributed by atoms with E-state index in [0.29, 0.717) is 0 Å². The molecule has 0 bridgehead atoms. The highest BCUT2D eigenvalue weighted by Gasteiger charge is 2.26. The summed E-state index contributed by atoms with van der Waals surface area (Å²) in [5, 5.41) is 8.76. The Morgan fingerprint density at radius 1 is 1.25 bits per heavy atom. The minimum atomic E-state index is -1.47. The first-order chi connectivity index (χ1) is 9.41. The Morgan fingerprint density at radius 2 is 1.85 bits per heavy atom. The zero-order valence-corrected chi connectivity index (χ0v) is 11.3. The van der Waals surface area contributed by atoms with E-state index >= 15 is 0 Å². The summed E-state index contributed by atoms with van der Waals surface area (Å²) in [5.41, 5.74) is 5.27. The lowest BCUT2D eigenvalue weighted by Gasteiger charge is -2.35. The van der Waals surface area contributed by atoms with Crippen molar-refractivity contribution < 1.29 is 18.7 Å². The van der Waals surface area contributed by atoms with Crippen LogP contribution in [-0.2, 0) is 0 Å². The maximum Gasteiger partial charge on any atom is 0.338 e. The van der Waals surface area contributed by atoms with Crippen LogP contribution in [0.4, 0.5) is 14.5 Å². The van der Waals surface area contributed by atoms with E-state index in [4.69, 9.17) is 10.8 Å². The van der Waals surface area contributed by atoms with Crippen LogP contribution in [0.25, 0.3) is 0 Å². The molecule has 1 aliphatic rings. The number of hydrogen-bond acceptors (Lipinski definition) is 3. The van der Waals surface area contributed by atoms with E-state index in [1.54, 1.807) is 11.9 Å². The molecule has 1 aromatic rings. The summed E-state index contributed by atoms with van der Waals surface area (Å²) in [6.45, 7) is 0. The fourth-order valence-corrected chi connectivity index (χ4v) is 2.66. The lowest BCUT2D eigenvalue weighted by Crippen LogP contribution is -2.39. The van der Waals surface area contributed by atoms with Crippen LogP contribution in [0.5, 0.6) is 0 Å². The molecule has 1 fully saturated rings. The number of aromatic carboxylic acids is 1. The van der Waals surface area contributed by atoms with Crippen molar-refractivity contribution in [2.45, 2.75) is 37.8 Å². The molecule has 1 saturated carbocycles. The van der Waals surface area contributed by atoms with Crippen molar-refractivity contribution in [1.82, 2.24) is 0 Å². The van der Waals surface area contributed by atoms with Gasteiger partial charge in [0.1, 0.15) is 0 Å². The second-order valence-corrected chi connectivity index (χ2v) is 5.24. The van der Waals surface area contributed by atoms with Crippen molar-refractivity contribution in [2.24, 2.45) is 5.73 Å². The molecule has 6 heteroatoms. The Labute approximate surface area is 116 Å². The second kappa shape index (κ2) is 5.75. The minimum absolute atomic E-state index is 0.0907. The van der Waals surface area contributed by atoms with E-state index in [0.717, 1.165) is 31.7 Å². The highest BCUT2D eigenvalue weighted by molar-refractivity contribution is 5.88. The molecular weight excluding hydrogens is 266 g/mol. The maximum atomic E-state index is 14.0. The monoisotopic (exact) mass is 284 g/mol. The number of benzene rings is 1. The molecule has 0 spiro atoms. The first-order valence-electron chi connectivity index (χ1n) is 6.61. The molecule has 0 aromatic heterocycles. The molecule has 0 atom stereocenters. The third kappa shape index (κ3) is 2.75. The number of carboxylic acids is 1. The van der Waals surface area contributed by atoms with Crippen molar-refractivity contribution in [2.75, 3.05) is 11.9 Å². The number of rotatable bonds is 3. The van der Waals surface area contributed by atoms with Gasteiger partial charge in [-0.2, -0.15) is 0 Å². The molecule has 0 heterocycles. The third-order valence-corrected chi connectivity index (χ3v) is 3.96. The van der Waals surface area contributed by atoms with Gasteiger partial charge in [-0.05, 0) is 37.8 Å². The quantitative estimate of drug-likeness (QED) is 0.894. The molecule has 0 radical (unpaired) electrons. The third-order valence-electron chi connectivity index (χ3n) is 3.96. The smallest absolute Gasteiger partial charge is 0.338 e. The van der Waals surface area contributed by atoms with E-state index in [9.17, 15) is 13.6 Å². The van der Waals surface area contributed by atoms with Gasteiger partial charge in [0.25, 0.3) is 0 Å². The topological polar surface area (TPSA) is 66.6 Å². The average molecular weight is 284 g/mol. The molecule has 3 N–H and O–H groups in total. The van der Waals surface area contributed by atoms with Gasteiger partial charge in [0, 0.05) is 19.1 Å². The van der Waals surface area contributed by atoms with Gasteiger partial charge < -0.3 is 15.7 Å². The van der Waals surface area contributed by atoms with Crippen LogP contribution in [-0.4, -0.2) is 30.2 Å². The maximum absolute atomic E-state index is 14.0. The summed E-state index contributed by atoms with van der Waals surface area (Å²) in [6.07, 6.45) is 3.34. The van der Waals surface area contributed by atoms with Gasteiger partial charge in [-0.1, -0.05) is 0 Å². The summed E-state index contributed by atoms with van der Waals surface area (Å²) in [6, 6.07) is 2.69. The van der Waals surface area contributed by atoms with Crippen LogP contribution in [0.1, 0.15) is 36.0 Å². The summed E-state index contributed by atoms with van der Waals surface area (Å²) >= 11 is 0. The second-order valence-electron chi connectivity index (χ2n) is 5.24. The Kier molecular flexibility index (Phi) is 4.23. The van der Waals surface area contributed by atoms with Crippen LogP contribution in [0.2, 0.25) is 0 Å². The zero-order chi connectivity index (χ0) is 14.9. The summed E-state index contributed by atoms with van der Waals surface area (Å²) in [7, 11) is 1.69. The van der Waals surface area contributed by atoms with Crippen LogP contribution in [0, 0.1) is 11.6 Å². The van der Waals surface area contributed by atoms with Crippen molar-refractivity contribution in [3.63, 3.8) is 0 Å². The first-order valence-corrected chi connectivity index (χ1v) is 6.61. The number of carbonyl (C=O) groups is 1. The highest BCUT2D eigenvalue weighted by atomic mass is 19.2. The van der Waals surface area contributed by atoms with E-state index in [2.05, 4.69) is 0 Å². The molecule has 0 unspecified atom stereocenters. The number of carboxylic acid groups (broad SMARTS) is 1. The van der Waals surface area contributed by atoms with Crippen molar-refractivity contribution in [1.29, 1.82) is 0 Å². The Bertz CT molecular complexity index is 514. The van der Waals surface area contributed by atoms with Gasteiger partial charge in [-0.3, -0.25) is 0 Å². The van der Waals surface area contributed by atoms with Gasteiger partial charge in [0.05, 0.1) is 11.3 Å². The van der Waals surface area contributed by atoms with Gasteiger partial charge in [0.15, 0.2) is 11.6 Å². The molecule has 0 amide bonds. The highest BCUT2D eigenvalue weighted by Crippen LogP contribution is 2.29. The number of halogens is 2. The van der Waals surface area contributed by atoms with E-state index < -0.39 is 23.2 Å². The molecule has 1 aromatic carbocycles. The van der Waals surface area contributed by atoms with Crippen LogP contribution >= 0.6 is 0 Å². The number of nitrogens with two attached hydrogens (primary N) is 1. The van der Waals surface area contributed by atoms with Gasteiger partial charge in [-0.15, -0.1) is 0 Å². The first kappa shape index (κ1) is 14.7. The molecule has 4 nitrogen and oxygen atoms in total. The Balaban J connectivity index is 2.24. The standard InChI is InChI=1S/C14H18F2N2O2/c1-18(9-4-2-8(17)3-5-9)11-7-6-10(14(19)20)12(15)13(11)16/h6-9H,2-5,17H2,1H3,(H,19,20). The fourth-order valence-electron chi connectivity index (χ4n) is 2.66. The lowest BCUT2D eigenvalue weighted by molar-refractivity contribution is 0.0690. The average Bonchev–Trinajstić information content (AvgIpc) is 2.41. The SMILES string of the molecule is CN(c1ccc(C(=O)O)c(F)c1F)C1CCC(N)CC1. The fraction of sp³-hybridized carbons (Fsp3) is 0.500. The van der Waals surface area contributed by atoms with Crippen molar-refractivity contribution in [3.8, 4) is 0 Å². The predicted molar refractivity (Wildman–Crippen MR) is 72.0 cm³/mol. The Morgan fingerprint density at radius 3 is 2.40 bits per heavy atom. The molecule has 110 valence electrons. The van der Waals surface area contributed by atoms with Gasteiger partial charge in [0.2, 0.25) is 0 Å². The molecule has 0 saturated heterocycles. The molecule has 0 aliphatic heterocycles. The molecule has 1 aliphatic carbocycles. The number of nitrogens with zero attached hydrogens (tertiary/aromatic N) is 1. The zero-order valence-electron chi connectivity index (χ0n) is 11.3. The Hall–Kier alpha value is -1.69. The van der Waals surface area contributed by atoms with Crippen molar-refractivity contribution in [3.05, 3.63) is 29.3 Å². The van der Waals surface area contributed by atoms with Gasteiger partial charge >= 0.3 is 5.97 Å². The molecule has 20 heavy (non-hydrogen) atoms. The summed E-state index contributed by atoms with van der Waals surface area (Å²) in [4.78, 5) is 12.4. The van der Waals surface area contributed by atoms with Crippen molar-refractivity contribution >= 4 is 11.7 Å². The van der Waals surface area contributed by atoms with Crippen LogP contribution < -0.4 is 10.6 Å². The van der Waals surface area contributed by atoms with Crippen LogP contribution in [0.15, 0.2) is 12.1 Å². The van der Waals surface area contributed by atoms with E-state index in [-0.39, 0.29) is 17.8 Å². The largest absolute Gasteiger partial charge is 0.478 e.